The molecule has 1 aromatic carbocycles. The van der Waals surface area contributed by atoms with Crippen LogP contribution < -0.4 is 4.31 Å². The minimum absolute atomic E-state index is 0.0632. The number of aryl methyl sites for hydroxylation is 2. The fraction of sp³-hybridized carbons (Fsp3) is 0.389. The summed E-state index contributed by atoms with van der Waals surface area (Å²) in [6.45, 7) is 5.30. The van der Waals surface area contributed by atoms with Crippen molar-refractivity contribution in [1.29, 1.82) is 0 Å². The van der Waals surface area contributed by atoms with E-state index in [1.165, 1.54) is 19.2 Å². The number of amides is 1. The second-order valence-corrected chi connectivity index (χ2v) is 8.26. The second kappa shape index (κ2) is 7.61. The lowest BCUT2D eigenvalue weighted by Crippen LogP contribution is -2.41. The van der Waals surface area contributed by atoms with Crippen molar-refractivity contribution in [2.45, 2.75) is 18.7 Å². The zero-order valence-corrected chi connectivity index (χ0v) is 16.4. The van der Waals surface area contributed by atoms with Crippen molar-refractivity contribution in [3.05, 3.63) is 47.3 Å². The van der Waals surface area contributed by atoms with E-state index in [1.54, 1.807) is 36.9 Å². The molecule has 2 aromatic rings. The SMILES string of the molecule is Cc1cc(C)nc(N(C)S(=O)(=O)c2ccccc2C(=O)N2CCOCC2)n1. The summed E-state index contributed by atoms with van der Waals surface area (Å²) in [6, 6.07) is 7.97. The van der Waals surface area contributed by atoms with Gasteiger partial charge in [-0.1, -0.05) is 12.1 Å². The van der Waals surface area contributed by atoms with Gasteiger partial charge < -0.3 is 9.64 Å². The van der Waals surface area contributed by atoms with Crippen LogP contribution in [0.5, 0.6) is 0 Å². The van der Waals surface area contributed by atoms with Crippen molar-refractivity contribution < 1.29 is 17.9 Å². The van der Waals surface area contributed by atoms with Crippen LogP contribution >= 0.6 is 0 Å². The van der Waals surface area contributed by atoms with Crippen LogP contribution in [0, 0.1) is 13.8 Å². The third-order valence-electron chi connectivity index (χ3n) is 4.31. The van der Waals surface area contributed by atoms with Crippen LogP contribution in [0.4, 0.5) is 5.95 Å². The number of ether oxygens (including phenoxy) is 1. The molecule has 2 heterocycles. The minimum atomic E-state index is -4.01. The summed E-state index contributed by atoms with van der Waals surface area (Å²) in [7, 11) is -2.62. The molecule has 1 amide bonds. The highest BCUT2D eigenvalue weighted by Gasteiger charge is 2.30. The van der Waals surface area contributed by atoms with Gasteiger partial charge in [0.2, 0.25) is 5.95 Å². The third kappa shape index (κ3) is 3.93. The fourth-order valence-electron chi connectivity index (χ4n) is 2.91. The van der Waals surface area contributed by atoms with Crippen LogP contribution in [0.3, 0.4) is 0 Å². The molecular weight excluding hydrogens is 368 g/mol. The molecule has 1 aliphatic heterocycles. The molecule has 0 bridgehead atoms. The van der Waals surface area contributed by atoms with E-state index >= 15 is 0 Å². The van der Waals surface area contributed by atoms with Gasteiger partial charge in [-0.05, 0) is 32.0 Å². The highest BCUT2D eigenvalue weighted by Crippen LogP contribution is 2.24. The summed E-state index contributed by atoms with van der Waals surface area (Å²) in [5.41, 5.74) is 1.46. The zero-order valence-electron chi connectivity index (χ0n) is 15.5. The highest BCUT2D eigenvalue weighted by atomic mass is 32.2. The largest absolute Gasteiger partial charge is 0.378 e. The van der Waals surface area contributed by atoms with Crippen molar-refractivity contribution in [3.8, 4) is 0 Å². The molecule has 1 aliphatic rings. The smallest absolute Gasteiger partial charge is 0.267 e. The first-order chi connectivity index (χ1) is 12.8. The summed E-state index contributed by atoms with van der Waals surface area (Å²) >= 11 is 0. The Morgan fingerprint density at radius 1 is 1.11 bits per heavy atom. The van der Waals surface area contributed by atoms with Gasteiger partial charge in [0.15, 0.2) is 0 Å². The van der Waals surface area contributed by atoms with Gasteiger partial charge in [0.1, 0.15) is 4.90 Å². The first kappa shape index (κ1) is 19.2. The summed E-state index contributed by atoms with van der Waals surface area (Å²) in [5, 5.41) is 0. The normalized spacial score (nSPS) is 14.9. The molecule has 144 valence electrons. The summed E-state index contributed by atoms with van der Waals surface area (Å²) in [4.78, 5) is 22.9. The summed E-state index contributed by atoms with van der Waals surface area (Å²) in [6.07, 6.45) is 0. The number of aromatic nitrogens is 2. The molecule has 0 unspecified atom stereocenters. The number of carbonyl (C=O) groups is 1. The van der Waals surface area contributed by atoms with Crippen molar-refractivity contribution in [3.63, 3.8) is 0 Å². The van der Waals surface area contributed by atoms with Gasteiger partial charge in [0.25, 0.3) is 15.9 Å². The maximum atomic E-state index is 13.2. The number of morpholine rings is 1. The Hall–Kier alpha value is -2.52. The Labute approximate surface area is 158 Å². The van der Waals surface area contributed by atoms with E-state index in [9.17, 15) is 13.2 Å². The predicted molar refractivity (Wildman–Crippen MR) is 100 cm³/mol. The highest BCUT2D eigenvalue weighted by molar-refractivity contribution is 7.92. The molecule has 0 aliphatic carbocycles. The molecule has 0 N–H and O–H groups in total. The Morgan fingerprint density at radius 3 is 2.33 bits per heavy atom. The lowest BCUT2D eigenvalue weighted by Gasteiger charge is -2.28. The fourth-order valence-corrected chi connectivity index (χ4v) is 4.18. The van der Waals surface area contributed by atoms with Crippen LogP contribution in [0.1, 0.15) is 21.7 Å². The quantitative estimate of drug-likeness (QED) is 0.783. The Kier molecular flexibility index (Phi) is 5.43. The average molecular weight is 390 g/mol. The van der Waals surface area contributed by atoms with E-state index in [1.807, 2.05) is 0 Å². The molecule has 0 atom stereocenters. The molecule has 1 fully saturated rings. The molecule has 0 spiro atoms. The molecule has 3 rings (SSSR count). The molecule has 0 saturated carbocycles. The number of benzene rings is 1. The molecule has 0 radical (unpaired) electrons. The van der Waals surface area contributed by atoms with Gasteiger partial charge in [-0.2, -0.15) is 0 Å². The zero-order chi connectivity index (χ0) is 19.6. The summed E-state index contributed by atoms with van der Waals surface area (Å²) < 4.78 is 32.7. The number of carbonyl (C=O) groups excluding carboxylic acids is 1. The molecule has 9 heteroatoms. The Morgan fingerprint density at radius 2 is 1.70 bits per heavy atom. The lowest BCUT2D eigenvalue weighted by atomic mass is 10.2. The van der Waals surface area contributed by atoms with E-state index in [2.05, 4.69) is 9.97 Å². The molecule has 1 aromatic heterocycles. The maximum Gasteiger partial charge on any atom is 0.267 e. The number of nitrogens with zero attached hydrogens (tertiary/aromatic N) is 4. The minimum Gasteiger partial charge on any atom is -0.378 e. The van der Waals surface area contributed by atoms with E-state index in [-0.39, 0.29) is 22.3 Å². The number of sulfonamides is 1. The van der Waals surface area contributed by atoms with Gasteiger partial charge >= 0.3 is 0 Å². The van der Waals surface area contributed by atoms with E-state index in [4.69, 9.17) is 4.74 Å². The average Bonchev–Trinajstić information content (AvgIpc) is 2.66. The van der Waals surface area contributed by atoms with Gasteiger partial charge in [-0.3, -0.25) is 4.79 Å². The Bertz CT molecular complexity index is 935. The third-order valence-corrected chi connectivity index (χ3v) is 6.10. The standard InChI is InChI=1S/C18H22N4O4S/c1-13-12-14(2)20-18(19-13)21(3)27(24,25)16-7-5-4-6-15(16)17(23)22-8-10-26-11-9-22/h4-7,12H,8-11H2,1-3H3. The number of hydrogen-bond acceptors (Lipinski definition) is 6. The van der Waals surface area contributed by atoms with Gasteiger partial charge in [0, 0.05) is 31.5 Å². The monoisotopic (exact) mass is 390 g/mol. The van der Waals surface area contributed by atoms with Gasteiger partial charge in [-0.25, -0.2) is 22.7 Å². The molecule has 8 nitrogen and oxygen atoms in total. The van der Waals surface area contributed by atoms with Crippen LogP contribution in [-0.2, 0) is 14.8 Å². The van der Waals surface area contributed by atoms with Crippen LogP contribution in [-0.4, -0.2) is 62.5 Å². The van der Waals surface area contributed by atoms with Crippen molar-refractivity contribution in [1.82, 2.24) is 14.9 Å². The molecule has 27 heavy (non-hydrogen) atoms. The lowest BCUT2D eigenvalue weighted by molar-refractivity contribution is 0.0300. The molecular formula is C18H22N4O4S. The first-order valence-corrected chi connectivity index (χ1v) is 10.0. The van der Waals surface area contributed by atoms with Gasteiger partial charge in [-0.15, -0.1) is 0 Å². The topological polar surface area (TPSA) is 92.7 Å². The summed E-state index contributed by atoms with van der Waals surface area (Å²) in [5.74, 6) is -0.256. The Balaban J connectivity index is 2.00. The van der Waals surface area contributed by atoms with Crippen molar-refractivity contribution in [2.75, 3.05) is 37.7 Å². The van der Waals surface area contributed by atoms with Crippen molar-refractivity contribution >= 4 is 21.9 Å². The van der Waals surface area contributed by atoms with E-state index in [0.717, 1.165) is 4.31 Å². The predicted octanol–water partition coefficient (Wildman–Crippen LogP) is 1.39. The second-order valence-electron chi connectivity index (χ2n) is 6.32. The van der Waals surface area contributed by atoms with Crippen LogP contribution in [0.25, 0.3) is 0 Å². The van der Waals surface area contributed by atoms with Crippen LogP contribution in [0.2, 0.25) is 0 Å². The number of hydrogen-bond donors (Lipinski definition) is 0. The van der Waals surface area contributed by atoms with Crippen molar-refractivity contribution in [2.24, 2.45) is 0 Å². The number of rotatable bonds is 4. The van der Waals surface area contributed by atoms with Gasteiger partial charge in [0.05, 0.1) is 18.8 Å². The molecule has 1 saturated heterocycles. The van der Waals surface area contributed by atoms with E-state index in [0.29, 0.717) is 37.7 Å². The maximum absolute atomic E-state index is 13.2. The first-order valence-electron chi connectivity index (χ1n) is 8.58. The van der Waals surface area contributed by atoms with Crippen LogP contribution in [0.15, 0.2) is 35.2 Å². The number of anilines is 1. The van der Waals surface area contributed by atoms with E-state index < -0.39 is 10.0 Å².